The average Bonchev–Trinajstić information content (AvgIpc) is 2.61. The second kappa shape index (κ2) is 5.42. The van der Waals surface area contributed by atoms with Crippen molar-refractivity contribution < 1.29 is 19.1 Å². The minimum Gasteiger partial charge on any atom is -0.461 e. The number of ether oxygens (including phenoxy) is 2. The smallest absolute Gasteiger partial charge is 0.411 e. The van der Waals surface area contributed by atoms with Gasteiger partial charge in [0.25, 0.3) is 0 Å². The van der Waals surface area contributed by atoms with E-state index in [2.05, 4.69) is 0 Å². The van der Waals surface area contributed by atoms with E-state index in [0.717, 1.165) is 0 Å². The lowest BCUT2D eigenvalue weighted by atomic mass is 10.2. The van der Waals surface area contributed by atoms with Crippen LogP contribution >= 0.6 is 0 Å². The van der Waals surface area contributed by atoms with Crippen molar-refractivity contribution in [1.29, 1.82) is 0 Å². The Kier molecular flexibility index (Phi) is 4.38. The summed E-state index contributed by atoms with van der Waals surface area (Å²) in [5.41, 5.74) is -0.577. The third-order valence-electron chi connectivity index (χ3n) is 2.18. The van der Waals surface area contributed by atoms with E-state index in [0.29, 0.717) is 6.54 Å². The first-order valence-electron chi connectivity index (χ1n) is 6.07. The number of hydrogen-bond donors (Lipinski definition) is 0. The van der Waals surface area contributed by atoms with Crippen molar-refractivity contribution in [2.75, 3.05) is 6.54 Å². The molecule has 0 N–H and O–H groups in total. The lowest BCUT2D eigenvalue weighted by molar-refractivity contribution is -0.151. The van der Waals surface area contributed by atoms with Crippen LogP contribution in [0.1, 0.15) is 34.6 Å². The summed E-state index contributed by atoms with van der Waals surface area (Å²) >= 11 is 0. The molecule has 5 heteroatoms. The summed E-state index contributed by atoms with van der Waals surface area (Å²) in [5.74, 6) is -0.426. The molecule has 0 saturated carbocycles. The van der Waals surface area contributed by atoms with E-state index in [4.69, 9.17) is 9.47 Å². The molecule has 0 radical (unpaired) electrons. The lowest BCUT2D eigenvalue weighted by Crippen LogP contribution is -2.44. The van der Waals surface area contributed by atoms with Gasteiger partial charge in [-0.1, -0.05) is 12.2 Å². The molecule has 1 rings (SSSR count). The van der Waals surface area contributed by atoms with E-state index in [-0.39, 0.29) is 6.10 Å². The maximum absolute atomic E-state index is 11.9. The normalized spacial score (nSPS) is 19.2. The Labute approximate surface area is 108 Å². The quantitative estimate of drug-likeness (QED) is 0.560. The highest BCUT2D eigenvalue weighted by Gasteiger charge is 2.34. The monoisotopic (exact) mass is 255 g/mol. The third-order valence-corrected chi connectivity index (χ3v) is 2.18. The molecule has 0 spiro atoms. The molecule has 0 aromatic carbocycles. The third kappa shape index (κ3) is 4.05. The fourth-order valence-electron chi connectivity index (χ4n) is 1.54. The van der Waals surface area contributed by atoms with Crippen LogP contribution < -0.4 is 0 Å². The molecule has 0 aromatic rings. The van der Waals surface area contributed by atoms with Crippen molar-refractivity contribution >= 4 is 12.1 Å². The van der Waals surface area contributed by atoms with Gasteiger partial charge in [-0.15, -0.1) is 0 Å². The Balaban J connectivity index is 2.66. The highest BCUT2D eigenvalue weighted by molar-refractivity contribution is 5.84. The highest BCUT2D eigenvalue weighted by Crippen LogP contribution is 2.17. The number of amides is 1. The Morgan fingerprint density at radius 1 is 1.33 bits per heavy atom. The van der Waals surface area contributed by atoms with Gasteiger partial charge in [-0.2, -0.15) is 0 Å². The van der Waals surface area contributed by atoms with Crippen LogP contribution in [0.15, 0.2) is 12.2 Å². The number of nitrogens with zero attached hydrogens (tertiary/aromatic N) is 1. The summed E-state index contributed by atoms with van der Waals surface area (Å²) in [6.07, 6.45) is 2.72. The molecule has 5 nitrogen and oxygen atoms in total. The predicted molar refractivity (Wildman–Crippen MR) is 67.1 cm³/mol. The molecule has 1 atom stereocenters. The molecule has 0 aromatic heterocycles. The fourth-order valence-corrected chi connectivity index (χ4v) is 1.54. The van der Waals surface area contributed by atoms with Crippen molar-refractivity contribution in [2.45, 2.75) is 52.4 Å². The molecule has 1 aliphatic heterocycles. The van der Waals surface area contributed by atoms with Crippen LogP contribution in [0.2, 0.25) is 0 Å². The Hall–Kier alpha value is -1.52. The summed E-state index contributed by atoms with van der Waals surface area (Å²) in [7, 11) is 0. The molecule has 0 unspecified atom stereocenters. The van der Waals surface area contributed by atoms with Gasteiger partial charge in [0, 0.05) is 6.54 Å². The zero-order chi connectivity index (χ0) is 13.9. The number of esters is 1. The van der Waals surface area contributed by atoms with Crippen LogP contribution in [0.5, 0.6) is 0 Å². The summed E-state index contributed by atoms with van der Waals surface area (Å²) < 4.78 is 10.4. The second-order valence-corrected chi connectivity index (χ2v) is 5.49. The van der Waals surface area contributed by atoms with Gasteiger partial charge < -0.3 is 9.47 Å². The van der Waals surface area contributed by atoms with Gasteiger partial charge >= 0.3 is 12.1 Å². The maximum Gasteiger partial charge on any atom is 0.411 e. The minimum absolute atomic E-state index is 0.202. The molecule has 102 valence electrons. The maximum atomic E-state index is 11.9. The van der Waals surface area contributed by atoms with Gasteiger partial charge in [0.15, 0.2) is 6.04 Å². The fraction of sp³-hybridized carbons (Fsp3) is 0.692. The van der Waals surface area contributed by atoms with Crippen LogP contribution in [0, 0.1) is 0 Å². The summed E-state index contributed by atoms with van der Waals surface area (Å²) in [4.78, 5) is 25.1. The molecule has 0 bridgehead atoms. The van der Waals surface area contributed by atoms with Gasteiger partial charge in [0.2, 0.25) is 0 Å². The van der Waals surface area contributed by atoms with E-state index in [9.17, 15) is 9.59 Å². The molecular formula is C13H21NO4. The van der Waals surface area contributed by atoms with Gasteiger partial charge in [-0.05, 0) is 34.6 Å². The van der Waals surface area contributed by atoms with E-state index >= 15 is 0 Å². The van der Waals surface area contributed by atoms with Crippen molar-refractivity contribution in [2.24, 2.45) is 0 Å². The molecule has 18 heavy (non-hydrogen) atoms. The first-order valence-corrected chi connectivity index (χ1v) is 6.07. The molecule has 1 heterocycles. The van der Waals surface area contributed by atoms with Crippen LogP contribution in [0.4, 0.5) is 4.79 Å². The molecule has 1 aliphatic rings. The Morgan fingerprint density at radius 3 is 2.44 bits per heavy atom. The van der Waals surface area contributed by atoms with Gasteiger partial charge in [0.05, 0.1) is 6.10 Å². The van der Waals surface area contributed by atoms with Crippen molar-refractivity contribution in [3.63, 3.8) is 0 Å². The number of carbonyl (C=O) groups excluding carboxylic acids is 2. The van der Waals surface area contributed by atoms with Crippen molar-refractivity contribution in [3.05, 3.63) is 12.2 Å². The first-order chi connectivity index (χ1) is 8.20. The molecule has 0 aliphatic carbocycles. The molecule has 1 amide bonds. The number of carbonyl (C=O) groups is 2. The SMILES string of the molecule is CC(C)OC(=O)[C@@H]1C=CCN1C(=O)OC(C)(C)C. The first kappa shape index (κ1) is 14.5. The summed E-state index contributed by atoms with van der Waals surface area (Å²) in [6.45, 7) is 9.27. The lowest BCUT2D eigenvalue weighted by Gasteiger charge is -2.27. The van der Waals surface area contributed by atoms with Gasteiger partial charge in [-0.25, -0.2) is 9.59 Å². The van der Waals surface area contributed by atoms with E-state index in [1.54, 1.807) is 46.8 Å². The zero-order valence-electron chi connectivity index (χ0n) is 11.6. The topological polar surface area (TPSA) is 55.8 Å². The summed E-state index contributed by atoms with van der Waals surface area (Å²) in [6, 6.07) is -0.678. The van der Waals surface area contributed by atoms with Crippen LogP contribution in [-0.2, 0) is 14.3 Å². The van der Waals surface area contributed by atoms with Crippen LogP contribution in [0.25, 0.3) is 0 Å². The molecular weight excluding hydrogens is 234 g/mol. The standard InChI is InChI=1S/C13H21NO4/c1-9(2)17-11(15)10-7-6-8-14(10)12(16)18-13(3,4)5/h6-7,9-10H,8H2,1-5H3/t10-/m0/s1. The summed E-state index contributed by atoms with van der Waals surface area (Å²) in [5, 5.41) is 0. The number of rotatable bonds is 2. The zero-order valence-corrected chi connectivity index (χ0v) is 11.6. The largest absolute Gasteiger partial charge is 0.461 e. The van der Waals surface area contributed by atoms with E-state index in [1.807, 2.05) is 0 Å². The van der Waals surface area contributed by atoms with Crippen LogP contribution in [-0.4, -0.2) is 41.3 Å². The van der Waals surface area contributed by atoms with E-state index < -0.39 is 23.7 Å². The Bertz CT molecular complexity index is 354. The van der Waals surface area contributed by atoms with Crippen LogP contribution in [0.3, 0.4) is 0 Å². The molecule has 0 fully saturated rings. The highest BCUT2D eigenvalue weighted by atomic mass is 16.6. The second-order valence-electron chi connectivity index (χ2n) is 5.49. The molecule has 0 saturated heterocycles. The number of hydrogen-bond acceptors (Lipinski definition) is 4. The van der Waals surface area contributed by atoms with Crippen molar-refractivity contribution in [3.8, 4) is 0 Å². The van der Waals surface area contributed by atoms with Crippen molar-refractivity contribution in [1.82, 2.24) is 4.90 Å². The van der Waals surface area contributed by atoms with E-state index in [1.165, 1.54) is 4.90 Å². The minimum atomic E-state index is -0.678. The van der Waals surface area contributed by atoms with Gasteiger partial charge in [-0.3, -0.25) is 4.90 Å². The predicted octanol–water partition coefficient (Wildman–Crippen LogP) is 2.11. The average molecular weight is 255 g/mol. The Morgan fingerprint density at radius 2 is 1.94 bits per heavy atom. The van der Waals surface area contributed by atoms with Gasteiger partial charge in [0.1, 0.15) is 5.60 Å².